The maximum Gasteiger partial charge on any atom is 0.0872 e. The zero-order chi connectivity index (χ0) is 19.3. The van der Waals surface area contributed by atoms with Gasteiger partial charge >= 0.3 is 0 Å². The van der Waals surface area contributed by atoms with E-state index in [-0.39, 0.29) is 0 Å². The minimum atomic E-state index is -1.77. The molecule has 0 amide bonds. The first-order valence-corrected chi connectivity index (χ1v) is 14.5. The average molecular weight is 387 g/mol. The van der Waals surface area contributed by atoms with Gasteiger partial charge in [-0.25, -0.2) is 0 Å². The monoisotopic (exact) mass is 386 g/mol. The Morgan fingerprint density at radius 1 is 0.423 bits per heavy atom. The Bertz CT molecular complexity index is 305. The van der Waals surface area contributed by atoms with E-state index in [9.17, 15) is 4.57 Å². The van der Waals surface area contributed by atoms with Gasteiger partial charge in [0.15, 0.2) is 0 Å². The van der Waals surface area contributed by atoms with Gasteiger partial charge in [-0.15, -0.1) is 0 Å². The van der Waals surface area contributed by atoms with Crippen LogP contribution in [0, 0.1) is 0 Å². The van der Waals surface area contributed by atoms with E-state index < -0.39 is 7.14 Å². The summed E-state index contributed by atoms with van der Waals surface area (Å²) >= 11 is 0. The molecule has 0 rings (SSSR count). The predicted molar refractivity (Wildman–Crippen MR) is 122 cm³/mol. The summed E-state index contributed by atoms with van der Waals surface area (Å²) in [5.74, 6) is 0. The summed E-state index contributed by atoms with van der Waals surface area (Å²) in [4.78, 5) is 0. The van der Waals surface area contributed by atoms with Gasteiger partial charge in [0.2, 0.25) is 0 Å². The maximum absolute atomic E-state index is 12.3. The van der Waals surface area contributed by atoms with Crippen LogP contribution in [0.4, 0.5) is 0 Å². The van der Waals surface area contributed by atoms with Crippen molar-refractivity contribution in [3.05, 3.63) is 0 Å². The normalized spacial score (nSPS) is 12.0. The van der Waals surface area contributed by atoms with Crippen molar-refractivity contribution in [1.29, 1.82) is 0 Å². The first kappa shape index (κ1) is 26.2. The molecule has 0 spiro atoms. The summed E-state index contributed by atoms with van der Waals surface area (Å²) in [5.41, 5.74) is 0. The molecule has 0 aromatic carbocycles. The molecule has 0 aromatic rings. The molecule has 158 valence electrons. The minimum Gasteiger partial charge on any atom is -0.324 e. The van der Waals surface area contributed by atoms with E-state index in [1.807, 2.05) is 0 Å². The van der Waals surface area contributed by atoms with Crippen LogP contribution in [-0.2, 0) is 4.57 Å². The van der Waals surface area contributed by atoms with Gasteiger partial charge in [-0.2, -0.15) is 0 Å². The zero-order valence-corrected chi connectivity index (χ0v) is 19.6. The highest BCUT2D eigenvalue weighted by atomic mass is 31.2. The van der Waals surface area contributed by atoms with E-state index >= 15 is 0 Å². The van der Waals surface area contributed by atoms with E-state index in [2.05, 4.69) is 20.8 Å². The van der Waals surface area contributed by atoms with Crippen LogP contribution in [-0.4, -0.2) is 18.5 Å². The molecule has 0 fully saturated rings. The average Bonchev–Trinajstić information content (AvgIpc) is 2.66. The molecular weight excluding hydrogens is 335 g/mol. The maximum atomic E-state index is 12.3. The summed E-state index contributed by atoms with van der Waals surface area (Å²) < 4.78 is 12.3. The molecule has 1 nitrogen and oxygen atoms in total. The van der Waals surface area contributed by atoms with E-state index in [1.165, 1.54) is 116 Å². The van der Waals surface area contributed by atoms with Gasteiger partial charge in [0.1, 0.15) is 0 Å². The highest BCUT2D eigenvalue weighted by molar-refractivity contribution is 7.63. The molecule has 0 N–H and O–H groups in total. The lowest BCUT2D eigenvalue weighted by Gasteiger charge is -2.13. The molecule has 0 saturated heterocycles. The summed E-state index contributed by atoms with van der Waals surface area (Å²) in [6.07, 6.45) is 28.3. The molecule has 0 atom stereocenters. The summed E-state index contributed by atoms with van der Waals surface area (Å²) in [7, 11) is -1.77. The van der Waals surface area contributed by atoms with Gasteiger partial charge in [0.25, 0.3) is 0 Å². The number of rotatable bonds is 21. The first-order chi connectivity index (χ1) is 12.7. The van der Waals surface area contributed by atoms with Gasteiger partial charge in [0, 0.05) is 6.16 Å². The van der Waals surface area contributed by atoms with Crippen molar-refractivity contribution < 1.29 is 4.57 Å². The van der Waals surface area contributed by atoms with Crippen molar-refractivity contribution in [1.82, 2.24) is 0 Å². The smallest absolute Gasteiger partial charge is 0.0872 e. The molecule has 0 unspecified atom stereocenters. The highest BCUT2D eigenvalue weighted by Gasteiger charge is 2.15. The van der Waals surface area contributed by atoms with Gasteiger partial charge in [0.05, 0.1) is 7.14 Å². The topological polar surface area (TPSA) is 17.1 Å². The zero-order valence-electron chi connectivity index (χ0n) is 18.7. The van der Waals surface area contributed by atoms with Gasteiger partial charge < -0.3 is 4.57 Å². The molecule has 0 bridgehead atoms. The molecule has 0 aromatic heterocycles. The van der Waals surface area contributed by atoms with Gasteiger partial charge in [-0.05, 0) is 18.7 Å². The van der Waals surface area contributed by atoms with Crippen molar-refractivity contribution in [3.63, 3.8) is 0 Å². The second kappa shape index (κ2) is 20.0. The van der Waals surface area contributed by atoms with E-state index in [0.717, 1.165) is 18.5 Å². The number of hydrogen-bond donors (Lipinski definition) is 0. The van der Waals surface area contributed by atoms with Crippen LogP contribution in [0.25, 0.3) is 0 Å². The largest absolute Gasteiger partial charge is 0.324 e. The van der Waals surface area contributed by atoms with Gasteiger partial charge in [-0.3, -0.25) is 0 Å². The predicted octanol–water partition coefficient (Wildman–Crippen LogP) is 9.43. The second-order valence-electron chi connectivity index (χ2n) is 8.42. The highest BCUT2D eigenvalue weighted by Crippen LogP contribution is 2.45. The van der Waals surface area contributed by atoms with Crippen LogP contribution in [0.2, 0.25) is 0 Å². The number of unbranched alkanes of at least 4 members (excludes halogenated alkanes) is 17. The van der Waals surface area contributed by atoms with Crippen LogP contribution in [0.1, 0.15) is 136 Å². The molecule has 0 aliphatic rings. The minimum absolute atomic E-state index is 0.905. The second-order valence-corrected chi connectivity index (χ2v) is 12.3. The third-order valence-corrected chi connectivity index (χ3v) is 9.51. The fourth-order valence-corrected chi connectivity index (χ4v) is 5.72. The third-order valence-electron chi connectivity index (χ3n) is 6.07. The Hall–Kier alpha value is 0.230. The number of hydrogen-bond acceptors (Lipinski definition) is 1. The first-order valence-electron chi connectivity index (χ1n) is 12.3. The van der Waals surface area contributed by atoms with E-state index in [0.29, 0.717) is 0 Å². The Kier molecular flexibility index (Phi) is 20.2. The van der Waals surface area contributed by atoms with E-state index in [4.69, 9.17) is 0 Å². The molecule has 0 aliphatic heterocycles. The molecule has 0 radical (unpaired) electrons. The van der Waals surface area contributed by atoms with Crippen molar-refractivity contribution in [2.45, 2.75) is 136 Å². The van der Waals surface area contributed by atoms with Crippen molar-refractivity contribution in [2.24, 2.45) is 0 Å². The van der Waals surface area contributed by atoms with E-state index in [1.54, 1.807) is 0 Å². The van der Waals surface area contributed by atoms with Crippen molar-refractivity contribution in [2.75, 3.05) is 18.5 Å². The molecule has 26 heavy (non-hydrogen) atoms. The van der Waals surface area contributed by atoms with Crippen LogP contribution >= 0.6 is 7.14 Å². The lowest BCUT2D eigenvalue weighted by molar-refractivity contribution is 0.526. The third kappa shape index (κ3) is 17.6. The van der Waals surface area contributed by atoms with Gasteiger partial charge in [-0.1, -0.05) is 130 Å². The summed E-state index contributed by atoms with van der Waals surface area (Å²) in [6.45, 7) is 6.48. The van der Waals surface area contributed by atoms with Crippen molar-refractivity contribution >= 4 is 7.14 Å². The molecular formula is C24H51OP. The Balaban J connectivity index is 3.13. The molecule has 0 aliphatic carbocycles. The molecule has 0 saturated carbocycles. The molecule has 0 heterocycles. The fourth-order valence-electron chi connectivity index (χ4n) is 3.84. The SMILES string of the molecule is CCCCCCCCCCCCCCCCCCCCP(=O)(CC)CC. The Morgan fingerprint density at radius 2 is 0.692 bits per heavy atom. The lowest BCUT2D eigenvalue weighted by Crippen LogP contribution is -1.95. The fraction of sp³-hybridized carbons (Fsp3) is 1.00. The van der Waals surface area contributed by atoms with Crippen molar-refractivity contribution in [3.8, 4) is 0 Å². The standard InChI is InChI=1S/C24H51OP/c1-4-7-8-9-10-11-12-13-14-15-16-17-18-19-20-21-22-23-24-26(25,5-2)6-3/h4-24H2,1-3H3. The van der Waals surface area contributed by atoms with Crippen LogP contribution in [0.15, 0.2) is 0 Å². The Morgan fingerprint density at radius 3 is 0.962 bits per heavy atom. The van der Waals surface area contributed by atoms with Crippen LogP contribution in [0.3, 0.4) is 0 Å². The molecule has 2 heteroatoms. The van der Waals surface area contributed by atoms with Crippen LogP contribution < -0.4 is 0 Å². The summed E-state index contributed by atoms with van der Waals surface area (Å²) in [6, 6.07) is 0. The summed E-state index contributed by atoms with van der Waals surface area (Å²) in [5, 5.41) is 0. The quantitative estimate of drug-likeness (QED) is 0.142. The van der Waals surface area contributed by atoms with Crippen LogP contribution in [0.5, 0.6) is 0 Å². The Labute approximate surface area is 166 Å². The lowest BCUT2D eigenvalue weighted by atomic mass is 10.0.